The van der Waals surface area contributed by atoms with Crippen LogP contribution in [0.4, 0.5) is 0 Å². The minimum absolute atomic E-state index is 0.458. The van der Waals surface area contributed by atoms with Crippen LogP contribution in [-0.2, 0) is 0 Å². The van der Waals surface area contributed by atoms with Gasteiger partial charge in [-0.15, -0.1) is 0 Å². The minimum Gasteiger partial charge on any atom is -0.0619 e. The lowest BCUT2D eigenvalue weighted by Gasteiger charge is -2.38. The van der Waals surface area contributed by atoms with Crippen molar-refractivity contribution in [1.29, 1.82) is 0 Å². The molecule has 0 aromatic carbocycles. The van der Waals surface area contributed by atoms with Crippen LogP contribution in [0.2, 0.25) is 0 Å². The van der Waals surface area contributed by atoms with E-state index in [1.165, 1.54) is 25.7 Å². The van der Waals surface area contributed by atoms with Crippen molar-refractivity contribution in [2.75, 3.05) is 0 Å². The van der Waals surface area contributed by atoms with Crippen molar-refractivity contribution in [2.45, 2.75) is 53.4 Å². The Morgan fingerprint density at radius 2 is 1.82 bits per heavy atom. The highest BCUT2D eigenvalue weighted by Gasteiger charge is 2.31. The predicted molar refractivity (Wildman–Crippen MR) is 50.3 cm³/mol. The molecule has 0 aromatic heterocycles. The smallest absolute Gasteiger partial charge is 0.0159 e. The number of hydrogen-bond donors (Lipinski definition) is 0. The van der Waals surface area contributed by atoms with E-state index in [9.17, 15) is 0 Å². The first-order chi connectivity index (χ1) is 5.02. The summed E-state index contributed by atoms with van der Waals surface area (Å²) in [5.41, 5.74) is 0.458. The Hall–Kier alpha value is 0. The first-order valence-electron chi connectivity index (χ1n) is 4.88. The molecular formula is C11H21. The highest BCUT2D eigenvalue weighted by molar-refractivity contribution is 5.05. The first kappa shape index (κ1) is 9.09. The molecule has 1 unspecified atom stereocenters. The van der Waals surface area contributed by atoms with E-state index in [0.29, 0.717) is 5.41 Å². The fourth-order valence-corrected chi connectivity index (χ4v) is 2.30. The maximum absolute atomic E-state index is 2.39. The van der Waals surface area contributed by atoms with Crippen LogP contribution < -0.4 is 0 Å². The van der Waals surface area contributed by atoms with Crippen molar-refractivity contribution in [3.05, 3.63) is 5.92 Å². The fourth-order valence-electron chi connectivity index (χ4n) is 2.30. The summed E-state index contributed by atoms with van der Waals surface area (Å²) in [5, 5.41) is 0. The highest BCUT2D eigenvalue weighted by atomic mass is 14.4. The van der Waals surface area contributed by atoms with Gasteiger partial charge in [0.15, 0.2) is 0 Å². The zero-order valence-corrected chi connectivity index (χ0v) is 8.41. The molecular weight excluding hydrogens is 132 g/mol. The second kappa shape index (κ2) is 3.16. The Labute approximate surface area is 71.4 Å². The molecule has 0 N–H and O–H groups in total. The molecule has 1 atom stereocenters. The van der Waals surface area contributed by atoms with Gasteiger partial charge >= 0.3 is 0 Å². The lowest BCUT2D eigenvalue weighted by molar-refractivity contribution is 0.281. The van der Waals surface area contributed by atoms with E-state index in [4.69, 9.17) is 0 Å². The summed E-state index contributed by atoms with van der Waals surface area (Å²) in [5.74, 6) is 2.67. The molecule has 0 aromatic rings. The molecule has 11 heavy (non-hydrogen) atoms. The van der Waals surface area contributed by atoms with Gasteiger partial charge in [0.05, 0.1) is 0 Å². The molecule has 1 radical (unpaired) electrons. The zero-order valence-electron chi connectivity index (χ0n) is 8.41. The second-order valence-corrected chi connectivity index (χ2v) is 4.92. The summed E-state index contributed by atoms with van der Waals surface area (Å²) >= 11 is 0. The Morgan fingerprint density at radius 1 is 1.18 bits per heavy atom. The van der Waals surface area contributed by atoms with E-state index in [1.807, 2.05) is 0 Å². The van der Waals surface area contributed by atoms with Crippen molar-refractivity contribution >= 4 is 0 Å². The quantitative estimate of drug-likeness (QED) is 0.496. The van der Waals surface area contributed by atoms with Gasteiger partial charge in [-0.3, -0.25) is 0 Å². The topological polar surface area (TPSA) is 0 Å². The average molecular weight is 153 g/mol. The molecule has 0 spiro atoms. The Kier molecular flexibility index (Phi) is 2.61. The molecule has 1 rings (SSSR count). The van der Waals surface area contributed by atoms with Gasteiger partial charge in [-0.2, -0.15) is 0 Å². The standard InChI is InChI=1S/C11H21/c1-9-7-5-6-8-10(9)11(2,3)4/h9H,5-8H2,1-4H3. The average Bonchev–Trinajstić information content (AvgIpc) is 1.86. The third-order valence-corrected chi connectivity index (χ3v) is 2.89. The molecule has 0 amide bonds. The molecule has 1 saturated carbocycles. The summed E-state index contributed by atoms with van der Waals surface area (Å²) < 4.78 is 0. The lowest BCUT2D eigenvalue weighted by atomic mass is 9.67. The molecule has 1 fully saturated rings. The second-order valence-electron chi connectivity index (χ2n) is 4.92. The predicted octanol–water partition coefficient (Wildman–Crippen LogP) is 3.82. The van der Waals surface area contributed by atoms with E-state index < -0.39 is 0 Å². The fraction of sp³-hybridized carbons (Fsp3) is 0.909. The van der Waals surface area contributed by atoms with Crippen LogP contribution in [0.5, 0.6) is 0 Å². The SMILES string of the molecule is CC1CCCC[C]1C(C)(C)C. The normalized spacial score (nSPS) is 28.9. The van der Waals surface area contributed by atoms with E-state index in [0.717, 1.165) is 5.92 Å². The third kappa shape index (κ3) is 2.21. The van der Waals surface area contributed by atoms with Crippen LogP contribution in [-0.4, -0.2) is 0 Å². The Bertz CT molecular complexity index is 118. The lowest BCUT2D eigenvalue weighted by Crippen LogP contribution is -2.27. The van der Waals surface area contributed by atoms with Gasteiger partial charge in [0, 0.05) is 0 Å². The summed E-state index contributed by atoms with van der Waals surface area (Å²) in [4.78, 5) is 0. The molecule has 0 heterocycles. The molecule has 0 saturated heterocycles. The minimum atomic E-state index is 0.458. The molecule has 1 aliphatic rings. The zero-order chi connectivity index (χ0) is 8.48. The van der Waals surface area contributed by atoms with Crippen LogP contribution in [0.1, 0.15) is 53.4 Å². The van der Waals surface area contributed by atoms with Gasteiger partial charge in [-0.05, 0) is 23.7 Å². The largest absolute Gasteiger partial charge is 0.0619 e. The molecule has 65 valence electrons. The Morgan fingerprint density at radius 3 is 2.18 bits per heavy atom. The molecule has 0 bridgehead atoms. The summed E-state index contributed by atoms with van der Waals surface area (Å²) in [6.07, 6.45) is 5.68. The van der Waals surface area contributed by atoms with Gasteiger partial charge in [0.2, 0.25) is 0 Å². The molecule has 0 nitrogen and oxygen atoms in total. The van der Waals surface area contributed by atoms with Gasteiger partial charge in [-0.25, -0.2) is 0 Å². The third-order valence-electron chi connectivity index (χ3n) is 2.89. The summed E-state index contributed by atoms with van der Waals surface area (Å²) in [6, 6.07) is 0. The van der Waals surface area contributed by atoms with Crippen molar-refractivity contribution in [3.63, 3.8) is 0 Å². The van der Waals surface area contributed by atoms with E-state index in [2.05, 4.69) is 27.7 Å². The van der Waals surface area contributed by atoms with Gasteiger partial charge in [0.25, 0.3) is 0 Å². The summed E-state index contributed by atoms with van der Waals surface area (Å²) in [6.45, 7) is 9.44. The van der Waals surface area contributed by atoms with Crippen LogP contribution in [0.15, 0.2) is 0 Å². The first-order valence-corrected chi connectivity index (χ1v) is 4.88. The van der Waals surface area contributed by atoms with Crippen molar-refractivity contribution in [2.24, 2.45) is 11.3 Å². The van der Waals surface area contributed by atoms with Crippen LogP contribution in [0.3, 0.4) is 0 Å². The van der Waals surface area contributed by atoms with E-state index in [1.54, 1.807) is 5.92 Å². The molecule has 0 aliphatic heterocycles. The van der Waals surface area contributed by atoms with Crippen molar-refractivity contribution in [3.8, 4) is 0 Å². The van der Waals surface area contributed by atoms with Crippen molar-refractivity contribution in [1.82, 2.24) is 0 Å². The van der Waals surface area contributed by atoms with Crippen LogP contribution >= 0.6 is 0 Å². The molecule has 0 heteroatoms. The van der Waals surface area contributed by atoms with E-state index in [-0.39, 0.29) is 0 Å². The summed E-state index contributed by atoms with van der Waals surface area (Å²) in [7, 11) is 0. The van der Waals surface area contributed by atoms with Crippen LogP contribution in [0.25, 0.3) is 0 Å². The monoisotopic (exact) mass is 153 g/mol. The van der Waals surface area contributed by atoms with Gasteiger partial charge in [0.1, 0.15) is 0 Å². The van der Waals surface area contributed by atoms with Crippen molar-refractivity contribution < 1.29 is 0 Å². The maximum atomic E-state index is 2.39. The van der Waals surface area contributed by atoms with E-state index >= 15 is 0 Å². The number of hydrogen-bond acceptors (Lipinski definition) is 0. The Balaban J connectivity index is 2.55. The van der Waals surface area contributed by atoms with Gasteiger partial charge < -0.3 is 0 Å². The maximum Gasteiger partial charge on any atom is -0.0159 e. The molecule has 1 aliphatic carbocycles. The highest BCUT2D eigenvalue weighted by Crippen LogP contribution is 2.43. The number of rotatable bonds is 0. The van der Waals surface area contributed by atoms with Crippen LogP contribution in [0, 0.1) is 17.3 Å². The van der Waals surface area contributed by atoms with Gasteiger partial charge in [-0.1, -0.05) is 47.0 Å².